The molecule has 2 saturated carbocycles. The summed E-state index contributed by atoms with van der Waals surface area (Å²) in [6, 6.07) is 0.592. The summed E-state index contributed by atoms with van der Waals surface area (Å²) in [5, 5.41) is 0. The molecule has 0 aromatic carbocycles. The Bertz CT molecular complexity index is 189. The highest BCUT2D eigenvalue weighted by Gasteiger charge is 2.26. The Kier molecular flexibility index (Phi) is 4.04. The molecule has 88 valence electrons. The van der Waals surface area contributed by atoms with Crippen molar-refractivity contribution in [3.05, 3.63) is 0 Å². The lowest BCUT2D eigenvalue weighted by Crippen LogP contribution is -2.41. The lowest BCUT2D eigenvalue weighted by Gasteiger charge is -2.33. The van der Waals surface area contributed by atoms with E-state index in [1.165, 1.54) is 44.9 Å². The van der Waals surface area contributed by atoms with Crippen LogP contribution >= 0.6 is 0 Å². The average molecular weight is 211 g/mol. The van der Waals surface area contributed by atoms with E-state index in [1.807, 2.05) is 0 Å². The number of hydrogen-bond acceptors (Lipinski definition) is 2. The van der Waals surface area contributed by atoms with E-state index in [2.05, 4.69) is 19.3 Å². The van der Waals surface area contributed by atoms with Gasteiger partial charge in [-0.15, -0.1) is 0 Å². The minimum absolute atomic E-state index is 0.495. The van der Waals surface area contributed by atoms with Crippen LogP contribution in [0.25, 0.3) is 0 Å². The molecule has 2 aliphatic carbocycles. The first-order chi connectivity index (χ1) is 7.25. The lowest BCUT2D eigenvalue weighted by molar-refractivity contribution is -0.0594. The predicted octanol–water partition coefficient (Wildman–Crippen LogP) is 3.27. The summed E-state index contributed by atoms with van der Waals surface area (Å²) >= 11 is 0. The van der Waals surface area contributed by atoms with Crippen molar-refractivity contribution >= 4 is 0 Å². The van der Waals surface area contributed by atoms with Crippen molar-refractivity contribution in [2.75, 3.05) is 0 Å². The van der Waals surface area contributed by atoms with Gasteiger partial charge in [0.25, 0.3) is 0 Å². The first kappa shape index (κ1) is 11.4. The van der Waals surface area contributed by atoms with Crippen molar-refractivity contribution in [1.82, 2.24) is 5.48 Å². The fourth-order valence-corrected chi connectivity index (χ4v) is 2.89. The van der Waals surface area contributed by atoms with Crippen LogP contribution in [0.3, 0.4) is 0 Å². The number of rotatable bonds is 3. The molecule has 0 aromatic rings. The Morgan fingerprint density at radius 1 is 1.00 bits per heavy atom. The van der Waals surface area contributed by atoms with E-state index in [0.717, 1.165) is 11.8 Å². The molecule has 0 spiro atoms. The molecule has 0 amide bonds. The molecule has 0 saturated heterocycles. The van der Waals surface area contributed by atoms with E-state index in [-0.39, 0.29) is 0 Å². The van der Waals surface area contributed by atoms with Gasteiger partial charge in [0.05, 0.1) is 6.10 Å². The van der Waals surface area contributed by atoms with E-state index in [4.69, 9.17) is 4.84 Å². The van der Waals surface area contributed by atoms with Gasteiger partial charge in [-0.1, -0.05) is 33.1 Å². The van der Waals surface area contributed by atoms with E-state index in [0.29, 0.717) is 12.1 Å². The molecule has 15 heavy (non-hydrogen) atoms. The second-order valence-corrected chi connectivity index (χ2v) is 5.64. The lowest BCUT2D eigenvalue weighted by atomic mass is 9.80. The highest BCUT2D eigenvalue weighted by Crippen LogP contribution is 2.29. The highest BCUT2D eigenvalue weighted by atomic mass is 16.7. The van der Waals surface area contributed by atoms with Gasteiger partial charge in [0.1, 0.15) is 0 Å². The van der Waals surface area contributed by atoms with Gasteiger partial charge in [0.2, 0.25) is 0 Å². The molecular formula is C13H25NO. The third-order valence-electron chi connectivity index (χ3n) is 4.15. The van der Waals surface area contributed by atoms with Gasteiger partial charge in [0.15, 0.2) is 0 Å². The molecule has 0 radical (unpaired) electrons. The topological polar surface area (TPSA) is 21.3 Å². The summed E-state index contributed by atoms with van der Waals surface area (Å²) in [6.45, 7) is 4.71. The molecule has 2 nitrogen and oxygen atoms in total. The Balaban J connectivity index is 1.72. The van der Waals surface area contributed by atoms with E-state index in [1.54, 1.807) is 0 Å². The van der Waals surface area contributed by atoms with Crippen molar-refractivity contribution in [3.63, 3.8) is 0 Å². The summed E-state index contributed by atoms with van der Waals surface area (Å²) in [6.07, 6.45) is 9.73. The summed E-state index contributed by atoms with van der Waals surface area (Å²) in [7, 11) is 0. The van der Waals surface area contributed by atoms with Gasteiger partial charge in [-0.05, 0) is 37.5 Å². The molecule has 2 aliphatic rings. The zero-order valence-electron chi connectivity index (χ0n) is 10.2. The molecule has 2 fully saturated rings. The molecular weight excluding hydrogens is 186 g/mol. The first-order valence-corrected chi connectivity index (χ1v) is 6.67. The van der Waals surface area contributed by atoms with Crippen molar-refractivity contribution in [2.24, 2.45) is 11.8 Å². The van der Waals surface area contributed by atoms with E-state index in [9.17, 15) is 0 Å². The van der Waals surface area contributed by atoms with Gasteiger partial charge in [-0.2, -0.15) is 5.48 Å². The van der Waals surface area contributed by atoms with Crippen LogP contribution in [0.2, 0.25) is 0 Å². The standard InChI is InChI=1S/C13H25NO/c1-10-7-8-11(2)13(9-10)14-15-12-5-3-4-6-12/h10-14H,3-9H2,1-2H3. The van der Waals surface area contributed by atoms with Crippen molar-refractivity contribution in [1.29, 1.82) is 0 Å². The Labute approximate surface area is 93.7 Å². The van der Waals surface area contributed by atoms with Gasteiger partial charge >= 0.3 is 0 Å². The van der Waals surface area contributed by atoms with Gasteiger partial charge in [-0.3, -0.25) is 4.84 Å². The summed E-state index contributed by atoms with van der Waals surface area (Å²) in [4.78, 5) is 5.81. The maximum Gasteiger partial charge on any atom is 0.0790 e. The number of hydroxylamine groups is 1. The Morgan fingerprint density at radius 2 is 1.73 bits per heavy atom. The first-order valence-electron chi connectivity index (χ1n) is 6.67. The normalized spacial score (nSPS) is 38.4. The monoisotopic (exact) mass is 211 g/mol. The highest BCUT2D eigenvalue weighted by molar-refractivity contribution is 4.79. The van der Waals surface area contributed by atoms with Crippen LogP contribution in [0.15, 0.2) is 0 Å². The van der Waals surface area contributed by atoms with Crippen molar-refractivity contribution < 1.29 is 4.84 Å². The Morgan fingerprint density at radius 3 is 2.47 bits per heavy atom. The van der Waals surface area contributed by atoms with Gasteiger partial charge in [0, 0.05) is 6.04 Å². The van der Waals surface area contributed by atoms with Crippen LogP contribution < -0.4 is 5.48 Å². The number of hydrogen-bond donors (Lipinski definition) is 1. The molecule has 1 N–H and O–H groups in total. The minimum Gasteiger partial charge on any atom is -0.298 e. The fourth-order valence-electron chi connectivity index (χ4n) is 2.89. The van der Waals surface area contributed by atoms with E-state index >= 15 is 0 Å². The maximum atomic E-state index is 5.81. The molecule has 0 bridgehead atoms. The molecule has 0 aliphatic heterocycles. The second kappa shape index (κ2) is 5.31. The maximum absolute atomic E-state index is 5.81. The molecule has 0 heterocycles. The Hall–Kier alpha value is -0.0800. The average Bonchev–Trinajstić information content (AvgIpc) is 2.72. The molecule has 2 heteroatoms. The zero-order valence-corrected chi connectivity index (χ0v) is 10.2. The summed E-state index contributed by atoms with van der Waals surface area (Å²) < 4.78 is 0. The summed E-state index contributed by atoms with van der Waals surface area (Å²) in [5.74, 6) is 1.65. The summed E-state index contributed by atoms with van der Waals surface area (Å²) in [5.41, 5.74) is 3.34. The van der Waals surface area contributed by atoms with Gasteiger partial charge < -0.3 is 0 Å². The molecule has 2 rings (SSSR count). The predicted molar refractivity (Wildman–Crippen MR) is 62.4 cm³/mol. The van der Waals surface area contributed by atoms with Crippen LogP contribution in [0, 0.1) is 11.8 Å². The molecule has 0 aromatic heterocycles. The third kappa shape index (κ3) is 3.18. The van der Waals surface area contributed by atoms with Crippen molar-refractivity contribution in [3.8, 4) is 0 Å². The second-order valence-electron chi connectivity index (χ2n) is 5.64. The quantitative estimate of drug-likeness (QED) is 0.723. The minimum atomic E-state index is 0.495. The molecule has 3 atom stereocenters. The fraction of sp³-hybridized carbons (Fsp3) is 1.00. The SMILES string of the molecule is CC1CCC(C)C(NOC2CCCC2)C1. The van der Waals surface area contributed by atoms with Crippen LogP contribution in [0.5, 0.6) is 0 Å². The third-order valence-corrected chi connectivity index (χ3v) is 4.15. The van der Waals surface area contributed by atoms with Gasteiger partial charge in [-0.25, -0.2) is 0 Å². The van der Waals surface area contributed by atoms with Crippen LogP contribution in [0.1, 0.15) is 58.8 Å². The largest absolute Gasteiger partial charge is 0.298 e. The van der Waals surface area contributed by atoms with Crippen LogP contribution in [-0.2, 0) is 4.84 Å². The molecule has 3 unspecified atom stereocenters. The van der Waals surface area contributed by atoms with Crippen molar-refractivity contribution in [2.45, 2.75) is 70.9 Å². The van der Waals surface area contributed by atoms with Crippen LogP contribution in [0.4, 0.5) is 0 Å². The zero-order chi connectivity index (χ0) is 10.7. The smallest absolute Gasteiger partial charge is 0.0790 e. The number of nitrogens with one attached hydrogen (secondary N) is 1. The van der Waals surface area contributed by atoms with E-state index < -0.39 is 0 Å². The van der Waals surface area contributed by atoms with Crippen LogP contribution in [-0.4, -0.2) is 12.1 Å².